The first-order valence-corrected chi connectivity index (χ1v) is 9.73. The number of carbonyl (C=O) groups is 1. The smallest absolute Gasteiger partial charge is 0.308 e. The van der Waals surface area contributed by atoms with Crippen LogP contribution in [0.3, 0.4) is 0 Å². The molecule has 2 fully saturated rings. The van der Waals surface area contributed by atoms with Gasteiger partial charge in [-0.1, -0.05) is 28.9 Å². The minimum Gasteiger partial charge on any atom is -0.469 e. The molecular weight excluding hydrogens is 352 g/mol. The Hall–Kier alpha value is -1.59. The third-order valence-corrected chi connectivity index (χ3v) is 6.71. The fraction of sp³-hybridized carbons (Fsp3) is 0.600. The number of oxime groups is 1. The van der Waals surface area contributed by atoms with Crippen LogP contribution in [0.25, 0.3) is 0 Å². The van der Waals surface area contributed by atoms with Crippen LogP contribution in [-0.2, 0) is 14.4 Å². The maximum absolute atomic E-state index is 12.3. The van der Waals surface area contributed by atoms with Gasteiger partial charge < -0.3 is 9.57 Å². The first-order valence-electron chi connectivity index (χ1n) is 9.36. The fourth-order valence-corrected chi connectivity index (χ4v) is 5.07. The molecule has 140 valence electrons. The number of benzene rings is 1. The zero-order chi connectivity index (χ0) is 18.4. The van der Waals surface area contributed by atoms with E-state index in [0.717, 1.165) is 50.0 Å². The van der Waals surface area contributed by atoms with Crippen LogP contribution < -0.4 is 0 Å². The summed E-state index contributed by atoms with van der Waals surface area (Å²) in [7, 11) is 1.46. The zero-order valence-corrected chi connectivity index (χ0v) is 16.1. The monoisotopic (exact) mass is 376 g/mol. The molecule has 6 heteroatoms. The van der Waals surface area contributed by atoms with Gasteiger partial charge in [-0.05, 0) is 44.7 Å². The molecule has 3 unspecified atom stereocenters. The van der Waals surface area contributed by atoms with E-state index in [2.05, 4.69) is 17.0 Å². The molecular formula is C20H25ClN2O3. The van der Waals surface area contributed by atoms with Crippen LogP contribution in [0, 0.1) is 11.3 Å². The molecule has 26 heavy (non-hydrogen) atoms. The lowest BCUT2D eigenvalue weighted by atomic mass is 9.61. The van der Waals surface area contributed by atoms with Crippen molar-refractivity contribution >= 4 is 23.3 Å². The molecule has 4 rings (SSSR count). The summed E-state index contributed by atoms with van der Waals surface area (Å²) in [6.45, 7) is 4.19. The van der Waals surface area contributed by atoms with Gasteiger partial charge in [-0.25, -0.2) is 0 Å². The van der Waals surface area contributed by atoms with Crippen molar-refractivity contribution in [1.29, 1.82) is 0 Å². The Balaban J connectivity index is 1.73. The summed E-state index contributed by atoms with van der Waals surface area (Å²) in [5, 5.41) is 5.28. The van der Waals surface area contributed by atoms with Crippen LogP contribution in [0.15, 0.2) is 29.4 Å². The number of rotatable bonds is 3. The lowest BCUT2D eigenvalue weighted by Gasteiger charge is -2.51. The Bertz CT molecular complexity index is 729. The van der Waals surface area contributed by atoms with Crippen LogP contribution in [0.5, 0.6) is 0 Å². The number of halogens is 1. The maximum atomic E-state index is 12.3. The number of ether oxygens (including phenoxy) is 1. The summed E-state index contributed by atoms with van der Waals surface area (Å²) in [5.74, 6) is -0.289. The van der Waals surface area contributed by atoms with Gasteiger partial charge in [0.2, 0.25) is 5.72 Å². The van der Waals surface area contributed by atoms with Crippen molar-refractivity contribution in [2.75, 3.05) is 20.2 Å². The highest BCUT2D eigenvalue weighted by Crippen LogP contribution is 2.56. The van der Waals surface area contributed by atoms with E-state index in [9.17, 15) is 4.79 Å². The van der Waals surface area contributed by atoms with Gasteiger partial charge in [0.1, 0.15) is 0 Å². The maximum Gasteiger partial charge on any atom is 0.308 e. The molecule has 5 nitrogen and oxygen atoms in total. The van der Waals surface area contributed by atoms with E-state index >= 15 is 0 Å². The van der Waals surface area contributed by atoms with Crippen molar-refractivity contribution in [3.05, 3.63) is 34.9 Å². The van der Waals surface area contributed by atoms with Crippen molar-refractivity contribution in [2.45, 2.75) is 44.8 Å². The van der Waals surface area contributed by atoms with Gasteiger partial charge in [0.15, 0.2) is 0 Å². The molecule has 1 saturated heterocycles. The summed E-state index contributed by atoms with van der Waals surface area (Å²) in [4.78, 5) is 20.9. The molecule has 0 amide bonds. The predicted octanol–water partition coefficient (Wildman–Crippen LogP) is 3.85. The molecule has 0 radical (unpaired) electrons. The summed E-state index contributed by atoms with van der Waals surface area (Å²) in [6.07, 6.45) is 4.55. The highest BCUT2D eigenvalue weighted by Gasteiger charge is 2.65. The number of methoxy groups -OCH3 is 1. The average Bonchev–Trinajstić information content (AvgIpc) is 3.28. The van der Waals surface area contributed by atoms with E-state index in [1.807, 2.05) is 24.3 Å². The van der Waals surface area contributed by atoms with Crippen molar-refractivity contribution in [3.8, 4) is 0 Å². The second-order valence-corrected chi connectivity index (χ2v) is 8.25. The number of nitrogens with zero attached hydrogens (tertiary/aromatic N) is 2. The van der Waals surface area contributed by atoms with Crippen molar-refractivity contribution in [1.82, 2.24) is 4.90 Å². The van der Waals surface area contributed by atoms with Crippen LogP contribution in [0.1, 0.15) is 44.6 Å². The topological polar surface area (TPSA) is 51.1 Å². The Morgan fingerprint density at radius 1 is 1.31 bits per heavy atom. The molecule has 0 bridgehead atoms. The van der Waals surface area contributed by atoms with Crippen LogP contribution in [-0.4, -0.2) is 42.5 Å². The molecule has 3 aliphatic rings. The Labute approximate surface area is 159 Å². The predicted molar refractivity (Wildman–Crippen MR) is 100 cm³/mol. The van der Waals surface area contributed by atoms with Gasteiger partial charge in [0, 0.05) is 30.1 Å². The largest absolute Gasteiger partial charge is 0.469 e. The van der Waals surface area contributed by atoms with Gasteiger partial charge in [0.05, 0.1) is 24.2 Å². The van der Waals surface area contributed by atoms with Gasteiger partial charge in [0.25, 0.3) is 0 Å². The Kier molecular flexibility index (Phi) is 4.48. The molecule has 2 heterocycles. The van der Waals surface area contributed by atoms with E-state index in [4.69, 9.17) is 21.2 Å². The van der Waals surface area contributed by atoms with Crippen LogP contribution in [0.4, 0.5) is 0 Å². The van der Waals surface area contributed by atoms with E-state index in [-0.39, 0.29) is 17.3 Å². The third kappa shape index (κ3) is 2.55. The molecule has 0 aromatic heterocycles. The lowest BCUT2D eigenvalue weighted by Crippen LogP contribution is -2.62. The highest BCUT2D eigenvalue weighted by atomic mass is 35.5. The number of hydrogen-bond acceptors (Lipinski definition) is 5. The number of esters is 1. The molecule has 1 aromatic rings. The number of carbonyl (C=O) groups excluding carboxylic acids is 1. The number of likely N-dealkylation sites (tertiary alicyclic amines) is 1. The van der Waals surface area contributed by atoms with Crippen LogP contribution in [0.2, 0.25) is 5.02 Å². The molecule has 1 aromatic carbocycles. The van der Waals surface area contributed by atoms with E-state index in [0.29, 0.717) is 11.4 Å². The SMILES string of the molecule is COC(=O)C1CCC2(C)C(c3ccc(Cl)cc3)=NOC2(N2CCCC2)C1. The molecule has 2 aliphatic heterocycles. The second-order valence-electron chi connectivity index (χ2n) is 7.81. The number of hydrogen-bond donors (Lipinski definition) is 0. The molecule has 3 atom stereocenters. The highest BCUT2D eigenvalue weighted by molar-refractivity contribution is 6.30. The molecule has 1 saturated carbocycles. The zero-order valence-electron chi connectivity index (χ0n) is 15.3. The second kappa shape index (κ2) is 6.54. The Morgan fingerprint density at radius 3 is 2.65 bits per heavy atom. The van der Waals surface area contributed by atoms with Gasteiger partial charge >= 0.3 is 5.97 Å². The first kappa shape index (κ1) is 17.8. The van der Waals surface area contributed by atoms with Gasteiger partial charge in [-0.3, -0.25) is 9.69 Å². The lowest BCUT2D eigenvalue weighted by molar-refractivity contribution is -0.210. The molecule has 0 spiro atoms. The minimum atomic E-state index is -0.574. The summed E-state index contributed by atoms with van der Waals surface area (Å²) in [5.41, 5.74) is 1.16. The normalized spacial score (nSPS) is 34.1. The summed E-state index contributed by atoms with van der Waals surface area (Å²) >= 11 is 6.06. The fourth-order valence-electron chi connectivity index (χ4n) is 4.94. The van der Waals surface area contributed by atoms with Crippen LogP contribution >= 0.6 is 11.6 Å². The third-order valence-electron chi connectivity index (χ3n) is 6.46. The molecule has 0 N–H and O–H groups in total. The van der Waals surface area contributed by atoms with Gasteiger partial charge in [-0.2, -0.15) is 0 Å². The quantitative estimate of drug-likeness (QED) is 0.752. The van der Waals surface area contributed by atoms with E-state index in [1.165, 1.54) is 7.11 Å². The van der Waals surface area contributed by atoms with Crippen molar-refractivity contribution in [2.24, 2.45) is 16.5 Å². The standard InChI is InChI=1S/C20H25ClN2O3/c1-19-10-9-15(18(24)25-2)13-20(19,23-11-3-4-12-23)26-22-17(19)14-5-7-16(21)8-6-14/h5-8,15H,3-4,9-13H2,1-2H3. The van der Waals surface area contributed by atoms with Gasteiger partial charge in [-0.15, -0.1) is 0 Å². The van der Waals surface area contributed by atoms with E-state index in [1.54, 1.807) is 0 Å². The van der Waals surface area contributed by atoms with E-state index < -0.39 is 5.72 Å². The number of fused-ring (bicyclic) bond motifs is 1. The Morgan fingerprint density at radius 2 is 2.00 bits per heavy atom. The van der Waals surface area contributed by atoms with Crippen molar-refractivity contribution < 1.29 is 14.4 Å². The molecule has 1 aliphatic carbocycles. The average molecular weight is 377 g/mol. The summed E-state index contributed by atoms with van der Waals surface area (Å²) < 4.78 is 5.04. The van der Waals surface area contributed by atoms with Crippen molar-refractivity contribution in [3.63, 3.8) is 0 Å². The summed E-state index contributed by atoms with van der Waals surface area (Å²) in [6, 6.07) is 7.78. The first-order chi connectivity index (χ1) is 12.5. The minimum absolute atomic E-state index is 0.144.